The van der Waals surface area contributed by atoms with Crippen LogP contribution in [-0.2, 0) is 16.1 Å². The smallest absolute Gasteiger partial charge is 0.323 e. The highest BCUT2D eigenvalue weighted by Crippen LogP contribution is 2.21. The molecule has 18 heavy (non-hydrogen) atoms. The molecule has 2 heterocycles. The molecule has 1 fully saturated rings. The molecular weight excluding hydrogens is 230 g/mol. The molecule has 1 aromatic rings. The van der Waals surface area contributed by atoms with Gasteiger partial charge in [-0.25, -0.2) is 0 Å². The molecule has 1 aliphatic heterocycles. The zero-order chi connectivity index (χ0) is 13.0. The number of aryl methyl sites for hydroxylation is 1. The first-order valence-corrected chi connectivity index (χ1v) is 6.66. The van der Waals surface area contributed by atoms with E-state index in [-0.39, 0.29) is 12.0 Å². The summed E-state index contributed by atoms with van der Waals surface area (Å²) in [6.45, 7) is 5.85. The molecule has 100 valence electrons. The molecule has 1 atom stereocenters. The number of nitrogens with zero attached hydrogens (tertiary/aromatic N) is 1. The van der Waals surface area contributed by atoms with Crippen LogP contribution in [-0.4, -0.2) is 30.1 Å². The van der Waals surface area contributed by atoms with Gasteiger partial charge in [-0.3, -0.25) is 9.69 Å². The number of carbonyl (C=O) groups excluding carboxylic acids is 1. The summed E-state index contributed by atoms with van der Waals surface area (Å²) in [4.78, 5) is 14.1. The van der Waals surface area contributed by atoms with Crippen LogP contribution >= 0.6 is 0 Å². The second-order valence-electron chi connectivity index (χ2n) is 4.75. The van der Waals surface area contributed by atoms with E-state index in [0.717, 1.165) is 37.3 Å². The van der Waals surface area contributed by atoms with Gasteiger partial charge < -0.3 is 9.15 Å². The van der Waals surface area contributed by atoms with Crippen molar-refractivity contribution in [2.24, 2.45) is 0 Å². The maximum Gasteiger partial charge on any atom is 0.323 e. The van der Waals surface area contributed by atoms with Gasteiger partial charge in [0.25, 0.3) is 0 Å². The van der Waals surface area contributed by atoms with Crippen LogP contribution in [0.15, 0.2) is 16.5 Å². The van der Waals surface area contributed by atoms with Gasteiger partial charge in [0.05, 0.1) is 13.2 Å². The van der Waals surface area contributed by atoms with Crippen molar-refractivity contribution in [1.29, 1.82) is 0 Å². The van der Waals surface area contributed by atoms with Gasteiger partial charge in [0, 0.05) is 0 Å². The summed E-state index contributed by atoms with van der Waals surface area (Å²) in [7, 11) is 0. The van der Waals surface area contributed by atoms with Crippen molar-refractivity contribution in [2.75, 3.05) is 13.2 Å². The highest BCUT2D eigenvalue weighted by atomic mass is 16.5. The third kappa shape index (κ3) is 3.13. The van der Waals surface area contributed by atoms with Gasteiger partial charge in [-0.1, -0.05) is 6.42 Å². The van der Waals surface area contributed by atoms with Crippen LogP contribution in [0.3, 0.4) is 0 Å². The second-order valence-corrected chi connectivity index (χ2v) is 4.75. The maximum atomic E-state index is 11.9. The van der Waals surface area contributed by atoms with Gasteiger partial charge in [-0.2, -0.15) is 0 Å². The van der Waals surface area contributed by atoms with Crippen LogP contribution in [0.4, 0.5) is 0 Å². The van der Waals surface area contributed by atoms with Gasteiger partial charge in [-0.15, -0.1) is 0 Å². The van der Waals surface area contributed by atoms with E-state index in [1.165, 1.54) is 0 Å². The summed E-state index contributed by atoms with van der Waals surface area (Å²) >= 11 is 0. The summed E-state index contributed by atoms with van der Waals surface area (Å²) in [6.07, 6.45) is 3.12. The molecule has 0 spiro atoms. The largest absolute Gasteiger partial charge is 0.465 e. The standard InChI is InChI=1S/C14H21NO3/c1-3-17-14(16)13-6-4-5-9-15(13)10-12-8-7-11(2)18-12/h7-8,13H,3-6,9-10H2,1-2H3. The average Bonchev–Trinajstić information content (AvgIpc) is 2.76. The van der Waals surface area contributed by atoms with Crippen molar-refractivity contribution in [3.8, 4) is 0 Å². The van der Waals surface area contributed by atoms with Gasteiger partial charge >= 0.3 is 5.97 Å². The Morgan fingerprint density at radius 2 is 2.33 bits per heavy atom. The lowest BCUT2D eigenvalue weighted by atomic mass is 10.0. The lowest BCUT2D eigenvalue weighted by Gasteiger charge is -2.33. The Labute approximate surface area is 108 Å². The zero-order valence-corrected chi connectivity index (χ0v) is 11.1. The minimum atomic E-state index is -0.107. The molecule has 0 N–H and O–H groups in total. The number of carbonyl (C=O) groups is 1. The molecule has 0 amide bonds. The number of hydrogen-bond donors (Lipinski definition) is 0. The van der Waals surface area contributed by atoms with Crippen molar-refractivity contribution >= 4 is 5.97 Å². The van der Waals surface area contributed by atoms with E-state index in [0.29, 0.717) is 13.2 Å². The summed E-state index contributed by atoms with van der Waals surface area (Å²) in [6, 6.07) is 3.83. The van der Waals surface area contributed by atoms with E-state index in [9.17, 15) is 4.79 Å². The molecule has 0 aliphatic carbocycles. The van der Waals surface area contributed by atoms with Crippen molar-refractivity contribution in [2.45, 2.75) is 45.7 Å². The predicted octanol–water partition coefficient (Wildman–Crippen LogP) is 2.51. The van der Waals surface area contributed by atoms with Crippen molar-refractivity contribution in [1.82, 2.24) is 4.90 Å². The molecule has 0 saturated carbocycles. The summed E-state index contributed by atoms with van der Waals surface area (Å²) in [5.41, 5.74) is 0. The highest BCUT2D eigenvalue weighted by molar-refractivity contribution is 5.75. The summed E-state index contributed by atoms with van der Waals surface area (Å²) in [5.74, 6) is 1.74. The molecule has 4 heteroatoms. The Hall–Kier alpha value is -1.29. The van der Waals surface area contributed by atoms with Crippen LogP contribution in [0, 0.1) is 6.92 Å². The normalized spacial score (nSPS) is 20.9. The molecule has 1 saturated heterocycles. The van der Waals surface area contributed by atoms with E-state index < -0.39 is 0 Å². The lowest BCUT2D eigenvalue weighted by molar-refractivity contribution is -0.151. The van der Waals surface area contributed by atoms with E-state index in [1.54, 1.807) is 0 Å². The number of ether oxygens (including phenoxy) is 1. The van der Waals surface area contributed by atoms with Crippen molar-refractivity contribution in [3.05, 3.63) is 23.7 Å². The van der Waals surface area contributed by atoms with Crippen LogP contribution in [0.25, 0.3) is 0 Å². The van der Waals surface area contributed by atoms with E-state index in [2.05, 4.69) is 4.90 Å². The highest BCUT2D eigenvalue weighted by Gasteiger charge is 2.30. The molecule has 2 rings (SSSR count). The first kappa shape index (κ1) is 13.1. The molecule has 1 aromatic heterocycles. The Morgan fingerprint density at radius 1 is 1.50 bits per heavy atom. The molecule has 0 aromatic carbocycles. The number of furan rings is 1. The first-order valence-electron chi connectivity index (χ1n) is 6.66. The third-order valence-electron chi connectivity index (χ3n) is 3.33. The minimum absolute atomic E-state index is 0.0968. The van der Waals surface area contributed by atoms with Gasteiger partial charge in [0.2, 0.25) is 0 Å². The third-order valence-corrected chi connectivity index (χ3v) is 3.33. The Balaban J connectivity index is 2.01. The maximum absolute atomic E-state index is 11.9. The van der Waals surface area contributed by atoms with Crippen molar-refractivity contribution < 1.29 is 13.9 Å². The predicted molar refractivity (Wildman–Crippen MR) is 68.1 cm³/mol. The topological polar surface area (TPSA) is 42.7 Å². The number of piperidine rings is 1. The minimum Gasteiger partial charge on any atom is -0.465 e. The van der Waals surface area contributed by atoms with Crippen molar-refractivity contribution in [3.63, 3.8) is 0 Å². The fourth-order valence-electron chi connectivity index (χ4n) is 2.46. The fourth-order valence-corrected chi connectivity index (χ4v) is 2.46. The molecule has 0 radical (unpaired) electrons. The summed E-state index contributed by atoms with van der Waals surface area (Å²) < 4.78 is 10.7. The fraction of sp³-hybridized carbons (Fsp3) is 0.643. The molecular formula is C14H21NO3. The van der Waals surface area contributed by atoms with Gasteiger partial charge in [-0.05, 0) is 45.4 Å². The molecule has 1 aliphatic rings. The molecule has 4 nitrogen and oxygen atoms in total. The Morgan fingerprint density at radius 3 is 3.00 bits per heavy atom. The van der Waals surface area contributed by atoms with E-state index in [4.69, 9.17) is 9.15 Å². The number of esters is 1. The number of rotatable bonds is 4. The Kier molecular flexibility index (Phi) is 4.42. The monoisotopic (exact) mass is 251 g/mol. The molecule has 0 bridgehead atoms. The van der Waals surface area contributed by atoms with E-state index >= 15 is 0 Å². The van der Waals surface area contributed by atoms with Crippen LogP contribution < -0.4 is 0 Å². The molecule has 1 unspecified atom stereocenters. The Bertz CT molecular complexity index is 399. The van der Waals surface area contributed by atoms with Crippen LogP contribution in [0.5, 0.6) is 0 Å². The number of likely N-dealkylation sites (tertiary alicyclic amines) is 1. The SMILES string of the molecule is CCOC(=O)C1CCCCN1Cc1ccc(C)o1. The van der Waals surface area contributed by atoms with Crippen LogP contribution in [0.2, 0.25) is 0 Å². The van der Waals surface area contributed by atoms with Gasteiger partial charge in [0.1, 0.15) is 17.6 Å². The van der Waals surface area contributed by atoms with Gasteiger partial charge in [0.15, 0.2) is 0 Å². The zero-order valence-electron chi connectivity index (χ0n) is 11.1. The first-order chi connectivity index (χ1) is 8.70. The second kappa shape index (κ2) is 6.05. The number of hydrogen-bond acceptors (Lipinski definition) is 4. The van der Waals surface area contributed by atoms with E-state index in [1.807, 2.05) is 26.0 Å². The average molecular weight is 251 g/mol. The van der Waals surface area contributed by atoms with Crippen LogP contribution in [0.1, 0.15) is 37.7 Å². The lowest BCUT2D eigenvalue weighted by Crippen LogP contribution is -2.44. The quantitative estimate of drug-likeness (QED) is 0.771. The summed E-state index contributed by atoms with van der Waals surface area (Å²) in [5, 5.41) is 0.